The highest BCUT2D eigenvalue weighted by Gasteiger charge is 2.38. The Hall–Kier alpha value is -2.34. The lowest BCUT2D eigenvalue weighted by atomic mass is 9.72. The molecule has 0 amide bonds. The van der Waals surface area contributed by atoms with E-state index < -0.39 is 16.0 Å². The lowest BCUT2D eigenvalue weighted by molar-refractivity contribution is 0.0516. The number of rotatable bonds is 4. The summed E-state index contributed by atoms with van der Waals surface area (Å²) < 4.78 is 32.6. The topological polar surface area (TPSA) is 65.4 Å². The summed E-state index contributed by atoms with van der Waals surface area (Å²) in [7, 11) is -3.86. The molecule has 25 heavy (non-hydrogen) atoms. The van der Waals surface area contributed by atoms with Gasteiger partial charge in [0.25, 0.3) is 10.0 Å². The van der Waals surface area contributed by atoms with Gasteiger partial charge in [0, 0.05) is 18.0 Å². The summed E-state index contributed by atoms with van der Waals surface area (Å²) in [6.07, 6.45) is 7.72. The number of ether oxygens (including phenoxy) is 1. The molecule has 0 fully saturated rings. The molecule has 1 aromatic heterocycles. The van der Waals surface area contributed by atoms with Gasteiger partial charge >= 0.3 is 5.97 Å². The van der Waals surface area contributed by atoms with Crippen LogP contribution >= 0.6 is 0 Å². The van der Waals surface area contributed by atoms with Crippen molar-refractivity contribution >= 4 is 16.0 Å². The first-order chi connectivity index (χ1) is 12.0. The van der Waals surface area contributed by atoms with Crippen LogP contribution < -0.4 is 0 Å². The van der Waals surface area contributed by atoms with Gasteiger partial charge in [-0.15, -0.1) is 0 Å². The standard InChI is InChI=1S/C19H19NO4S/c1-2-24-19(21)18-17-14-10-8-13(9-11-14)16(17)12-20(18)25(22,23)15-6-4-3-5-7-15/h3-8,10,12-14H,2,9,11H2,1H3. The van der Waals surface area contributed by atoms with Crippen molar-refractivity contribution in [2.75, 3.05) is 6.61 Å². The van der Waals surface area contributed by atoms with E-state index in [1.165, 1.54) is 12.1 Å². The van der Waals surface area contributed by atoms with E-state index in [4.69, 9.17) is 4.74 Å². The molecule has 2 atom stereocenters. The average Bonchev–Trinajstić information content (AvgIpc) is 3.07. The number of hydrogen-bond acceptors (Lipinski definition) is 4. The number of carbonyl (C=O) groups excluding carboxylic acids is 1. The second kappa shape index (κ2) is 5.88. The number of fused-ring (bicyclic) bond motifs is 1. The van der Waals surface area contributed by atoms with Crippen molar-refractivity contribution in [1.82, 2.24) is 3.97 Å². The van der Waals surface area contributed by atoms with E-state index >= 15 is 0 Å². The van der Waals surface area contributed by atoms with Crippen LogP contribution in [0.5, 0.6) is 0 Å². The molecule has 2 aromatic rings. The number of carbonyl (C=O) groups is 1. The highest BCUT2D eigenvalue weighted by Crippen LogP contribution is 2.47. The van der Waals surface area contributed by atoms with Crippen LogP contribution in [0.15, 0.2) is 53.6 Å². The molecule has 0 saturated carbocycles. The van der Waals surface area contributed by atoms with E-state index in [-0.39, 0.29) is 29.0 Å². The Labute approximate surface area is 147 Å². The summed E-state index contributed by atoms with van der Waals surface area (Å²) >= 11 is 0. The second-order valence-electron chi connectivity index (χ2n) is 6.36. The lowest BCUT2D eigenvalue weighted by Gasteiger charge is -2.31. The van der Waals surface area contributed by atoms with Crippen LogP contribution in [-0.2, 0) is 14.8 Å². The van der Waals surface area contributed by atoms with Gasteiger partial charge in [-0.25, -0.2) is 17.2 Å². The monoisotopic (exact) mass is 357 g/mol. The Bertz CT molecular complexity index is 957. The Morgan fingerprint density at radius 1 is 1.16 bits per heavy atom. The normalized spacial score (nSPS) is 21.2. The van der Waals surface area contributed by atoms with E-state index in [9.17, 15) is 13.2 Å². The van der Waals surface area contributed by atoms with E-state index in [1.54, 1.807) is 31.3 Å². The molecule has 0 N–H and O–H groups in total. The van der Waals surface area contributed by atoms with Crippen LogP contribution in [0.1, 0.15) is 53.2 Å². The average molecular weight is 357 g/mol. The van der Waals surface area contributed by atoms with Crippen molar-refractivity contribution in [3.05, 3.63) is 65.5 Å². The molecule has 2 unspecified atom stereocenters. The molecule has 5 nitrogen and oxygen atoms in total. The molecule has 6 heteroatoms. The van der Waals surface area contributed by atoms with E-state index in [2.05, 4.69) is 12.2 Å². The fraction of sp³-hybridized carbons (Fsp3) is 0.316. The Kier molecular flexibility index (Phi) is 3.80. The highest BCUT2D eigenvalue weighted by molar-refractivity contribution is 7.90. The summed E-state index contributed by atoms with van der Waals surface area (Å²) in [5.74, 6) is -0.337. The minimum atomic E-state index is -3.86. The van der Waals surface area contributed by atoms with Gasteiger partial charge in [0.2, 0.25) is 0 Å². The molecular formula is C19H19NO4S. The van der Waals surface area contributed by atoms with Crippen molar-refractivity contribution in [3.63, 3.8) is 0 Å². The fourth-order valence-electron chi connectivity index (χ4n) is 3.82. The molecule has 0 aliphatic heterocycles. The van der Waals surface area contributed by atoms with E-state index in [0.717, 1.165) is 27.9 Å². The van der Waals surface area contributed by atoms with Gasteiger partial charge in [0.05, 0.1) is 11.5 Å². The highest BCUT2D eigenvalue weighted by atomic mass is 32.2. The summed E-state index contributed by atoms with van der Waals surface area (Å²) in [5.41, 5.74) is 1.90. The zero-order chi connectivity index (χ0) is 17.6. The van der Waals surface area contributed by atoms with Crippen LogP contribution in [0.3, 0.4) is 0 Å². The Morgan fingerprint density at radius 2 is 1.84 bits per heavy atom. The SMILES string of the molecule is CCOC(=O)c1c2c(cn1S(=O)(=O)c1ccccc1)C1C=CC2CC1. The van der Waals surface area contributed by atoms with Gasteiger partial charge in [-0.05, 0) is 43.0 Å². The largest absolute Gasteiger partial charge is 0.461 e. The smallest absolute Gasteiger partial charge is 0.356 e. The van der Waals surface area contributed by atoms with Gasteiger partial charge in [0.15, 0.2) is 0 Å². The van der Waals surface area contributed by atoms with Crippen molar-refractivity contribution in [1.29, 1.82) is 0 Å². The number of nitrogens with zero attached hydrogens (tertiary/aromatic N) is 1. The maximum absolute atomic E-state index is 13.1. The van der Waals surface area contributed by atoms with Crippen LogP contribution in [0.4, 0.5) is 0 Å². The minimum absolute atomic E-state index is 0.0756. The maximum Gasteiger partial charge on any atom is 0.356 e. The van der Waals surface area contributed by atoms with Crippen LogP contribution in [0.2, 0.25) is 0 Å². The summed E-state index contributed by atoms with van der Waals surface area (Å²) in [6, 6.07) is 8.18. The third-order valence-electron chi connectivity index (χ3n) is 4.95. The molecule has 0 radical (unpaired) electrons. The number of allylic oxidation sites excluding steroid dienone is 2. The zero-order valence-corrected chi connectivity index (χ0v) is 14.7. The van der Waals surface area contributed by atoms with Gasteiger partial charge in [-0.2, -0.15) is 0 Å². The summed E-state index contributed by atoms with van der Waals surface area (Å²) in [5, 5.41) is 0. The summed E-state index contributed by atoms with van der Waals surface area (Å²) in [6.45, 7) is 1.92. The van der Waals surface area contributed by atoms with Gasteiger partial charge in [0.1, 0.15) is 5.69 Å². The molecule has 1 heterocycles. The Morgan fingerprint density at radius 3 is 2.48 bits per heavy atom. The predicted molar refractivity (Wildman–Crippen MR) is 93.3 cm³/mol. The first-order valence-electron chi connectivity index (χ1n) is 8.45. The van der Waals surface area contributed by atoms with Crippen LogP contribution in [0.25, 0.3) is 0 Å². The van der Waals surface area contributed by atoms with Gasteiger partial charge in [-0.1, -0.05) is 30.4 Å². The molecular weight excluding hydrogens is 338 g/mol. The number of benzene rings is 1. The molecule has 0 saturated heterocycles. The third kappa shape index (κ3) is 2.43. The molecule has 5 rings (SSSR count). The molecule has 130 valence electrons. The van der Waals surface area contributed by atoms with Crippen molar-refractivity contribution in [2.24, 2.45) is 0 Å². The predicted octanol–water partition coefficient (Wildman–Crippen LogP) is 3.43. The van der Waals surface area contributed by atoms with E-state index in [1.807, 2.05) is 0 Å². The number of hydrogen-bond donors (Lipinski definition) is 0. The third-order valence-corrected chi connectivity index (χ3v) is 6.62. The van der Waals surface area contributed by atoms with Gasteiger partial charge in [-0.3, -0.25) is 0 Å². The van der Waals surface area contributed by atoms with Crippen molar-refractivity contribution < 1.29 is 17.9 Å². The van der Waals surface area contributed by atoms with Crippen molar-refractivity contribution in [2.45, 2.75) is 36.5 Å². The first-order valence-corrected chi connectivity index (χ1v) is 9.89. The Balaban J connectivity index is 1.95. The quantitative estimate of drug-likeness (QED) is 0.621. The lowest BCUT2D eigenvalue weighted by Crippen LogP contribution is -2.22. The summed E-state index contributed by atoms with van der Waals surface area (Å²) in [4.78, 5) is 12.8. The van der Waals surface area contributed by atoms with Crippen LogP contribution in [-0.4, -0.2) is 25.0 Å². The molecule has 0 spiro atoms. The second-order valence-corrected chi connectivity index (χ2v) is 8.17. The molecule has 2 bridgehead atoms. The van der Waals surface area contributed by atoms with Gasteiger partial charge < -0.3 is 4.74 Å². The number of aromatic nitrogens is 1. The van der Waals surface area contributed by atoms with Crippen molar-refractivity contribution in [3.8, 4) is 0 Å². The number of esters is 1. The fourth-order valence-corrected chi connectivity index (χ4v) is 5.21. The minimum Gasteiger partial charge on any atom is -0.461 e. The molecule has 3 aliphatic rings. The van der Waals surface area contributed by atoms with E-state index in [0.29, 0.717) is 0 Å². The molecule has 3 aliphatic carbocycles. The van der Waals surface area contributed by atoms with Crippen LogP contribution in [0, 0.1) is 0 Å². The zero-order valence-electron chi connectivity index (χ0n) is 13.9. The maximum atomic E-state index is 13.1. The molecule has 1 aromatic carbocycles. The first kappa shape index (κ1) is 16.1.